The van der Waals surface area contributed by atoms with Crippen molar-refractivity contribution < 1.29 is 48.1 Å². The van der Waals surface area contributed by atoms with E-state index in [2.05, 4.69) is 0 Å². The van der Waals surface area contributed by atoms with Crippen LogP contribution in [0.5, 0.6) is 0 Å². The van der Waals surface area contributed by atoms with E-state index in [0.29, 0.717) is 19.3 Å². The fourth-order valence-corrected chi connectivity index (χ4v) is 4.64. The molecule has 0 aromatic rings. The number of aliphatic hydroxyl groups is 2. The molecule has 3 fully saturated rings. The van der Waals surface area contributed by atoms with Gasteiger partial charge in [0.25, 0.3) is 0 Å². The Kier molecular flexibility index (Phi) is 9.07. The molecule has 0 aromatic heterocycles. The molecule has 10 heteroatoms. The van der Waals surface area contributed by atoms with E-state index in [1.54, 1.807) is 28.3 Å². The highest BCUT2D eigenvalue weighted by molar-refractivity contribution is 4.88. The van der Waals surface area contributed by atoms with E-state index >= 15 is 0 Å². The molecule has 0 bridgehead atoms. The van der Waals surface area contributed by atoms with Gasteiger partial charge in [-0.15, -0.1) is 0 Å². The number of rotatable bonds is 7. The predicted octanol–water partition coefficient (Wildman–Crippen LogP) is 0.560. The summed E-state index contributed by atoms with van der Waals surface area (Å²) in [7, 11) is 4.79. The van der Waals surface area contributed by atoms with Gasteiger partial charge in [-0.3, -0.25) is 0 Å². The molecule has 0 saturated carbocycles. The lowest BCUT2D eigenvalue weighted by atomic mass is 9.99. The van der Waals surface area contributed by atoms with Crippen LogP contribution in [0.2, 0.25) is 0 Å². The van der Waals surface area contributed by atoms with Gasteiger partial charge in [-0.25, -0.2) is 0 Å². The lowest BCUT2D eigenvalue weighted by molar-refractivity contribution is -0.334. The number of hydrogen-bond acceptors (Lipinski definition) is 10. The van der Waals surface area contributed by atoms with Crippen molar-refractivity contribution in [1.29, 1.82) is 0 Å². The standard InChI is InChI=1S/C21H38O10/c1-10-19(23)13(24-4)8-17(28-10)30-21-12(3)29-18(9-15(21)26-6)31-20-11(2)27-16(22)7-14(20)25-5/h10-23H,7-9H2,1-6H3/t10-,11-,12-,13-,14+,15-,16-,17+,18+,19-,20-,21-/m1/s1. The van der Waals surface area contributed by atoms with Crippen LogP contribution in [0.1, 0.15) is 40.0 Å². The Hall–Kier alpha value is -0.400. The largest absolute Gasteiger partial charge is 0.388 e. The zero-order valence-corrected chi connectivity index (χ0v) is 19.2. The zero-order chi connectivity index (χ0) is 22.7. The van der Waals surface area contributed by atoms with Crippen LogP contribution < -0.4 is 0 Å². The third kappa shape index (κ3) is 5.94. The highest BCUT2D eigenvalue weighted by atomic mass is 16.7. The molecule has 3 aliphatic heterocycles. The van der Waals surface area contributed by atoms with Crippen LogP contribution in [0.15, 0.2) is 0 Å². The summed E-state index contributed by atoms with van der Waals surface area (Å²) in [5, 5.41) is 20.0. The molecule has 3 rings (SSSR count). The predicted molar refractivity (Wildman–Crippen MR) is 107 cm³/mol. The van der Waals surface area contributed by atoms with Crippen LogP contribution in [0.3, 0.4) is 0 Å². The van der Waals surface area contributed by atoms with E-state index in [4.69, 9.17) is 37.9 Å². The van der Waals surface area contributed by atoms with Crippen molar-refractivity contribution in [3.05, 3.63) is 0 Å². The molecule has 2 N–H and O–H groups in total. The van der Waals surface area contributed by atoms with Gasteiger partial charge in [-0.1, -0.05) is 0 Å². The molecule has 31 heavy (non-hydrogen) atoms. The van der Waals surface area contributed by atoms with Gasteiger partial charge >= 0.3 is 0 Å². The zero-order valence-electron chi connectivity index (χ0n) is 19.2. The summed E-state index contributed by atoms with van der Waals surface area (Å²) in [5.74, 6) is 0. The minimum absolute atomic E-state index is 0.285. The Morgan fingerprint density at radius 3 is 1.61 bits per heavy atom. The first kappa shape index (κ1) is 25.2. The summed E-state index contributed by atoms with van der Waals surface area (Å²) >= 11 is 0. The second kappa shape index (κ2) is 11.1. The fourth-order valence-electron chi connectivity index (χ4n) is 4.64. The second-order valence-corrected chi connectivity index (χ2v) is 8.56. The Labute approximate surface area is 184 Å². The van der Waals surface area contributed by atoms with E-state index in [0.717, 1.165) is 0 Å². The van der Waals surface area contributed by atoms with Gasteiger partial charge in [-0.2, -0.15) is 0 Å². The Balaban J connectivity index is 1.60. The molecule has 0 spiro atoms. The monoisotopic (exact) mass is 450 g/mol. The highest BCUT2D eigenvalue weighted by Crippen LogP contribution is 2.33. The number of hydrogen-bond donors (Lipinski definition) is 2. The SMILES string of the molecule is CO[C@H]1C[C@H](O)O[C@H](C)[C@H]1O[C@H]1C[C@@H](OC)[C@H](O[C@H]2C[C@@H](OC)[C@H](O)[C@@H](C)O2)[C@@H](C)O1. The average Bonchev–Trinajstić information content (AvgIpc) is 2.73. The lowest BCUT2D eigenvalue weighted by Crippen LogP contribution is -2.56. The van der Waals surface area contributed by atoms with Crippen molar-refractivity contribution in [1.82, 2.24) is 0 Å². The van der Waals surface area contributed by atoms with Gasteiger partial charge in [-0.05, 0) is 20.8 Å². The molecule has 0 radical (unpaired) electrons. The van der Waals surface area contributed by atoms with Crippen molar-refractivity contribution in [3.8, 4) is 0 Å². The highest BCUT2D eigenvalue weighted by Gasteiger charge is 2.45. The number of aliphatic hydroxyl groups excluding tert-OH is 2. The maximum Gasteiger partial charge on any atom is 0.161 e. The molecular weight excluding hydrogens is 412 g/mol. The summed E-state index contributed by atoms with van der Waals surface area (Å²) in [4.78, 5) is 0. The van der Waals surface area contributed by atoms with Crippen LogP contribution in [0.4, 0.5) is 0 Å². The molecule has 0 aromatic carbocycles. The van der Waals surface area contributed by atoms with Gasteiger partial charge in [0.15, 0.2) is 18.9 Å². The van der Waals surface area contributed by atoms with Crippen molar-refractivity contribution in [3.63, 3.8) is 0 Å². The van der Waals surface area contributed by atoms with Gasteiger partial charge in [0.2, 0.25) is 0 Å². The first-order valence-corrected chi connectivity index (χ1v) is 11.0. The van der Waals surface area contributed by atoms with Crippen molar-refractivity contribution in [2.75, 3.05) is 21.3 Å². The molecule has 3 heterocycles. The average molecular weight is 451 g/mol. The fraction of sp³-hybridized carbons (Fsp3) is 1.00. The van der Waals surface area contributed by atoms with Crippen LogP contribution in [-0.2, 0) is 37.9 Å². The Morgan fingerprint density at radius 2 is 1.06 bits per heavy atom. The Morgan fingerprint density at radius 1 is 0.613 bits per heavy atom. The van der Waals surface area contributed by atoms with Crippen molar-refractivity contribution >= 4 is 0 Å². The van der Waals surface area contributed by atoms with Crippen LogP contribution in [0, 0.1) is 0 Å². The molecule has 0 unspecified atom stereocenters. The van der Waals surface area contributed by atoms with Crippen LogP contribution >= 0.6 is 0 Å². The van der Waals surface area contributed by atoms with Gasteiger partial charge in [0, 0.05) is 40.6 Å². The normalized spacial score (nSPS) is 49.2. The van der Waals surface area contributed by atoms with E-state index < -0.39 is 31.1 Å². The quantitative estimate of drug-likeness (QED) is 0.570. The van der Waals surface area contributed by atoms with Gasteiger partial charge in [0.1, 0.15) is 18.3 Å². The minimum Gasteiger partial charge on any atom is -0.388 e. The molecule has 182 valence electrons. The van der Waals surface area contributed by atoms with E-state index in [-0.39, 0.29) is 42.7 Å². The molecule has 10 nitrogen and oxygen atoms in total. The lowest BCUT2D eigenvalue weighted by Gasteiger charge is -2.45. The van der Waals surface area contributed by atoms with Crippen molar-refractivity contribution in [2.24, 2.45) is 0 Å². The first-order valence-electron chi connectivity index (χ1n) is 11.0. The Bertz CT molecular complexity index is 550. The molecule has 3 aliphatic rings. The second-order valence-electron chi connectivity index (χ2n) is 8.56. The summed E-state index contributed by atoms with van der Waals surface area (Å²) in [6.45, 7) is 5.54. The third-order valence-electron chi connectivity index (χ3n) is 6.43. The summed E-state index contributed by atoms with van der Waals surface area (Å²) in [6, 6.07) is 0. The molecule has 0 amide bonds. The molecular formula is C21H38O10. The maximum atomic E-state index is 10.2. The smallest absolute Gasteiger partial charge is 0.161 e. The maximum absolute atomic E-state index is 10.2. The summed E-state index contributed by atoms with van der Waals surface area (Å²) in [6.07, 6.45) is -4.26. The van der Waals surface area contributed by atoms with E-state index in [9.17, 15) is 10.2 Å². The van der Waals surface area contributed by atoms with E-state index in [1.165, 1.54) is 0 Å². The number of ether oxygens (including phenoxy) is 8. The molecule has 3 saturated heterocycles. The third-order valence-corrected chi connectivity index (χ3v) is 6.43. The van der Waals surface area contributed by atoms with Gasteiger partial charge < -0.3 is 48.1 Å². The molecule has 12 atom stereocenters. The summed E-state index contributed by atoms with van der Waals surface area (Å²) < 4.78 is 46.4. The topological polar surface area (TPSA) is 114 Å². The molecule has 0 aliphatic carbocycles. The first-order chi connectivity index (χ1) is 14.8. The number of methoxy groups -OCH3 is 3. The minimum atomic E-state index is -0.872. The van der Waals surface area contributed by atoms with Crippen LogP contribution in [0.25, 0.3) is 0 Å². The van der Waals surface area contributed by atoms with Gasteiger partial charge in [0.05, 0.1) is 36.6 Å². The van der Waals surface area contributed by atoms with E-state index in [1.807, 2.05) is 13.8 Å². The van der Waals surface area contributed by atoms with Crippen molar-refractivity contribution in [2.45, 2.75) is 114 Å². The van der Waals surface area contributed by atoms with Crippen LogP contribution in [-0.4, -0.2) is 105 Å². The summed E-state index contributed by atoms with van der Waals surface area (Å²) in [5.41, 5.74) is 0.